The minimum Gasteiger partial charge on any atom is -0.785 e. The zero-order chi connectivity index (χ0) is 5.98. The van der Waals surface area contributed by atoms with Gasteiger partial charge >= 0.3 is 0 Å². The number of hydroxylamine groups is 2. The zero-order valence-electron chi connectivity index (χ0n) is 5.26. The molecule has 0 unspecified atom stereocenters. The molecule has 0 aromatic heterocycles. The van der Waals surface area contributed by atoms with Gasteiger partial charge in [-0.25, -0.2) is 0 Å². The normalized spacial score (nSPS) is 19.9. The summed E-state index contributed by atoms with van der Waals surface area (Å²) in [6.45, 7) is 2.76. The lowest BCUT2D eigenvalue weighted by Crippen LogP contribution is -2.18. The van der Waals surface area contributed by atoms with Crippen molar-refractivity contribution in [1.29, 1.82) is 0 Å². The zero-order valence-corrected chi connectivity index (χ0v) is 5.26. The van der Waals surface area contributed by atoms with Crippen LogP contribution in [0.2, 0.25) is 0 Å². The second-order valence-electron chi connectivity index (χ2n) is 2.37. The van der Waals surface area contributed by atoms with E-state index in [0.717, 1.165) is 25.8 Å². The summed E-state index contributed by atoms with van der Waals surface area (Å²) < 4.78 is 0. The molecule has 1 aliphatic rings. The van der Waals surface area contributed by atoms with Crippen LogP contribution in [0.3, 0.4) is 0 Å². The van der Waals surface area contributed by atoms with E-state index in [-0.39, 0.29) is 0 Å². The average molecular weight is 114 g/mol. The van der Waals surface area contributed by atoms with Gasteiger partial charge in [0.2, 0.25) is 0 Å². The first-order valence-corrected chi connectivity index (χ1v) is 3.28. The highest BCUT2D eigenvalue weighted by atomic mass is 16.5. The van der Waals surface area contributed by atoms with Gasteiger partial charge in [-0.2, -0.15) is 0 Å². The third-order valence-electron chi connectivity index (χ3n) is 1.40. The van der Waals surface area contributed by atoms with Crippen LogP contribution >= 0.6 is 0 Å². The summed E-state index contributed by atoms with van der Waals surface area (Å²) in [5, 5.41) is 11.9. The molecule has 0 N–H and O–H groups in total. The molecular weight excluding hydrogens is 102 g/mol. The molecule has 0 heterocycles. The molecule has 8 heavy (non-hydrogen) atoms. The molecule has 0 saturated heterocycles. The third kappa shape index (κ3) is 1.46. The Kier molecular flexibility index (Phi) is 1.86. The van der Waals surface area contributed by atoms with Crippen molar-refractivity contribution in [2.45, 2.75) is 32.2 Å². The maximum absolute atomic E-state index is 10.7. The highest BCUT2D eigenvalue weighted by Crippen LogP contribution is 2.25. The highest BCUT2D eigenvalue weighted by Gasteiger charge is 2.21. The van der Waals surface area contributed by atoms with Crippen molar-refractivity contribution < 1.29 is 0 Å². The molecule has 1 saturated carbocycles. The first-order valence-electron chi connectivity index (χ1n) is 3.28. The van der Waals surface area contributed by atoms with Crippen LogP contribution in [-0.2, 0) is 0 Å². The Morgan fingerprint density at radius 1 is 1.62 bits per heavy atom. The second kappa shape index (κ2) is 2.46. The van der Waals surface area contributed by atoms with Gasteiger partial charge in [0.15, 0.2) is 0 Å². The van der Waals surface area contributed by atoms with Crippen molar-refractivity contribution in [2.75, 3.05) is 6.54 Å². The first kappa shape index (κ1) is 6.05. The van der Waals surface area contributed by atoms with Gasteiger partial charge in [-0.15, -0.1) is 0 Å². The van der Waals surface area contributed by atoms with Crippen LogP contribution in [0.4, 0.5) is 0 Å². The van der Waals surface area contributed by atoms with Gasteiger partial charge in [-0.05, 0) is 31.8 Å². The van der Waals surface area contributed by atoms with E-state index < -0.39 is 0 Å². The third-order valence-corrected chi connectivity index (χ3v) is 1.40. The van der Waals surface area contributed by atoms with Crippen molar-refractivity contribution in [3.05, 3.63) is 5.21 Å². The van der Waals surface area contributed by atoms with Crippen molar-refractivity contribution in [1.82, 2.24) is 5.06 Å². The average Bonchev–Trinajstić information content (AvgIpc) is 2.45. The van der Waals surface area contributed by atoms with E-state index in [0.29, 0.717) is 6.04 Å². The Hall–Kier alpha value is -0.0800. The van der Waals surface area contributed by atoms with Crippen LogP contribution in [0, 0.1) is 5.21 Å². The van der Waals surface area contributed by atoms with E-state index in [1.54, 1.807) is 0 Å². The molecule has 2 heteroatoms. The molecule has 48 valence electrons. The van der Waals surface area contributed by atoms with Crippen LogP contribution < -0.4 is 0 Å². The highest BCUT2D eigenvalue weighted by molar-refractivity contribution is 4.84. The van der Waals surface area contributed by atoms with E-state index in [2.05, 4.69) is 0 Å². The van der Waals surface area contributed by atoms with Gasteiger partial charge in [0.25, 0.3) is 0 Å². The van der Waals surface area contributed by atoms with Crippen molar-refractivity contribution in [3.63, 3.8) is 0 Å². The largest absolute Gasteiger partial charge is 0.785 e. The summed E-state index contributed by atoms with van der Waals surface area (Å²) in [6, 6.07) is 0.398. The van der Waals surface area contributed by atoms with E-state index >= 15 is 0 Å². The SMILES string of the molecule is CCCN([O-])C1CC1. The minimum atomic E-state index is 0.398. The van der Waals surface area contributed by atoms with Crippen molar-refractivity contribution >= 4 is 0 Å². The molecule has 1 fully saturated rings. The summed E-state index contributed by atoms with van der Waals surface area (Å²) >= 11 is 0. The molecule has 1 rings (SSSR count). The molecule has 0 aliphatic heterocycles. The lowest BCUT2D eigenvalue weighted by Gasteiger charge is -2.26. The second-order valence-corrected chi connectivity index (χ2v) is 2.37. The van der Waals surface area contributed by atoms with Crippen molar-refractivity contribution in [3.8, 4) is 0 Å². The van der Waals surface area contributed by atoms with E-state index in [4.69, 9.17) is 0 Å². The predicted octanol–water partition coefficient (Wildman–Crippen LogP) is 1.36. The summed E-state index contributed by atoms with van der Waals surface area (Å²) in [6.07, 6.45) is 3.24. The molecule has 0 aromatic carbocycles. The molecule has 2 nitrogen and oxygen atoms in total. The Labute approximate surface area is 50.1 Å². The lowest BCUT2D eigenvalue weighted by atomic mass is 10.4. The fourth-order valence-electron chi connectivity index (χ4n) is 0.765. The maximum Gasteiger partial charge on any atom is -0.00250 e. The van der Waals surface area contributed by atoms with E-state index in [1.165, 1.54) is 5.06 Å². The van der Waals surface area contributed by atoms with Gasteiger partial charge in [0, 0.05) is 0 Å². The molecule has 1 aliphatic carbocycles. The van der Waals surface area contributed by atoms with Crippen LogP contribution in [0.15, 0.2) is 0 Å². The smallest absolute Gasteiger partial charge is 0.00250 e. The topological polar surface area (TPSA) is 26.3 Å². The maximum atomic E-state index is 10.7. The first-order chi connectivity index (χ1) is 3.84. The molecular formula is C6H12NO-. The Bertz CT molecular complexity index is 70.9. The lowest BCUT2D eigenvalue weighted by molar-refractivity contribution is 0.368. The Morgan fingerprint density at radius 2 is 2.25 bits per heavy atom. The van der Waals surface area contributed by atoms with Gasteiger partial charge in [-0.1, -0.05) is 6.92 Å². The number of hydrogen-bond donors (Lipinski definition) is 0. The van der Waals surface area contributed by atoms with Crippen molar-refractivity contribution in [2.24, 2.45) is 0 Å². The van der Waals surface area contributed by atoms with Crippen LogP contribution in [0.25, 0.3) is 0 Å². The summed E-state index contributed by atoms with van der Waals surface area (Å²) in [7, 11) is 0. The monoisotopic (exact) mass is 114 g/mol. The van der Waals surface area contributed by atoms with Gasteiger partial charge in [-0.3, -0.25) is 0 Å². The van der Waals surface area contributed by atoms with Crippen LogP contribution in [-0.4, -0.2) is 17.6 Å². The molecule has 0 radical (unpaired) electrons. The quantitative estimate of drug-likeness (QED) is 0.518. The predicted molar refractivity (Wildman–Crippen MR) is 33.4 cm³/mol. The molecule has 0 amide bonds. The summed E-state index contributed by atoms with van der Waals surface area (Å²) in [4.78, 5) is 0. The molecule has 0 spiro atoms. The van der Waals surface area contributed by atoms with Crippen LogP contribution in [0.5, 0.6) is 0 Å². The summed E-state index contributed by atoms with van der Waals surface area (Å²) in [5.41, 5.74) is 0. The molecule has 0 atom stereocenters. The fraction of sp³-hybridized carbons (Fsp3) is 1.00. The van der Waals surface area contributed by atoms with Gasteiger partial charge in [0.05, 0.1) is 0 Å². The molecule has 0 bridgehead atoms. The number of nitrogens with zero attached hydrogens (tertiary/aromatic N) is 1. The minimum absolute atomic E-state index is 0.398. The fourth-order valence-corrected chi connectivity index (χ4v) is 0.765. The molecule has 0 aromatic rings. The van der Waals surface area contributed by atoms with Gasteiger partial charge < -0.3 is 10.3 Å². The Morgan fingerprint density at radius 3 is 2.62 bits per heavy atom. The standard InChI is InChI=1S/C6H12NO/c1-2-5-7(8)6-3-4-6/h6H,2-5H2,1H3/q-1. The summed E-state index contributed by atoms with van der Waals surface area (Å²) in [5.74, 6) is 0. The Balaban J connectivity index is 2.03. The van der Waals surface area contributed by atoms with Gasteiger partial charge in [0.1, 0.15) is 0 Å². The van der Waals surface area contributed by atoms with E-state index in [9.17, 15) is 5.21 Å². The number of rotatable bonds is 3. The van der Waals surface area contributed by atoms with Crippen LogP contribution in [0.1, 0.15) is 26.2 Å². The number of hydrogen-bond acceptors (Lipinski definition) is 2. The van der Waals surface area contributed by atoms with E-state index in [1.807, 2.05) is 6.92 Å².